The molecular weight excluding hydrogens is 860 g/mol. The molecule has 1 aromatic heterocycles. The molecular formula is C51H59FN6O7S. The van der Waals surface area contributed by atoms with Crippen LogP contribution in [0.3, 0.4) is 0 Å². The van der Waals surface area contributed by atoms with Gasteiger partial charge in [-0.25, -0.2) is 17.5 Å². The maximum atomic E-state index is 14.7. The number of ether oxygens (including phenoxy) is 3. The van der Waals surface area contributed by atoms with Crippen LogP contribution in [0.4, 0.5) is 21.5 Å². The van der Waals surface area contributed by atoms with E-state index in [1.807, 2.05) is 6.07 Å². The third-order valence-corrected chi connectivity index (χ3v) is 16.8. The van der Waals surface area contributed by atoms with E-state index in [4.69, 9.17) is 14.2 Å². The van der Waals surface area contributed by atoms with E-state index in [9.17, 15) is 22.5 Å². The molecule has 0 bridgehead atoms. The molecule has 6 aliphatic rings. The molecule has 10 rings (SSSR count). The van der Waals surface area contributed by atoms with Gasteiger partial charge >= 0.3 is 0 Å². The number of carbonyl (C=O) groups excluding carboxylic acids is 1. The van der Waals surface area contributed by atoms with Crippen LogP contribution in [0.15, 0.2) is 83.0 Å². The molecule has 66 heavy (non-hydrogen) atoms. The minimum atomic E-state index is -4.56. The van der Waals surface area contributed by atoms with Crippen LogP contribution in [-0.4, -0.2) is 75.7 Å². The molecule has 4 aromatic rings. The second-order valence-corrected chi connectivity index (χ2v) is 21.3. The van der Waals surface area contributed by atoms with Crippen molar-refractivity contribution < 1.29 is 31.8 Å². The minimum absolute atomic E-state index is 0.0518. The van der Waals surface area contributed by atoms with E-state index >= 15 is 0 Å². The fraction of sp³-hybridized carbons (Fsp3) is 0.490. The quantitative estimate of drug-likeness (QED) is 0.131. The number of fused-ring (bicyclic) bond motifs is 2. The van der Waals surface area contributed by atoms with Gasteiger partial charge in [0.25, 0.3) is 15.9 Å². The van der Waals surface area contributed by atoms with Gasteiger partial charge in [-0.15, -0.1) is 4.91 Å². The van der Waals surface area contributed by atoms with Crippen molar-refractivity contribution in [2.24, 2.45) is 16.5 Å². The lowest BCUT2D eigenvalue weighted by molar-refractivity contribution is -0.0227. The number of pyridine rings is 1. The second kappa shape index (κ2) is 18.0. The summed E-state index contributed by atoms with van der Waals surface area (Å²) in [5.74, 6) is -0.124. The molecule has 15 heteroatoms. The molecule has 1 spiro atoms. The number of amides is 1. The molecule has 2 saturated heterocycles. The molecule has 0 unspecified atom stereocenters. The molecule has 1 amide bonds. The molecule has 4 heterocycles. The number of anilines is 2. The van der Waals surface area contributed by atoms with Crippen LogP contribution >= 0.6 is 0 Å². The Morgan fingerprint density at radius 1 is 1.02 bits per heavy atom. The van der Waals surface area contributed by atoms with Crippen LogP contribution in [0.2, 0.25) is 0 Å². The number of hydrogen-bond donors (Lipinski definition) is 2. The summed E-state index contributed by atoms with van der Waals surface area (Å²) < 4.78 is 62.7. The van der Waals surface area contributed by atoms with E-state index < -0.39 is 21.8 Å². The van der Waals surface area contributed by atoms with Gasteiger partial charge in [0.15, 0.2) is 0 Å². The van der Waals surface area contributed by atoms with Gasteiger partial charge in [-0.1, -0.05) is 38.1 Å². The van der Waals surface area contributed by atoms with Crippen molar-refractivity contribution in [1.82, 2.24) is 14.6 Å². The Labute approximate surface area is 386 Å². The average molecular weight is 919 g/mol. The lowest BCUT2D eigenvalue weighted by Crippen LogP contribution is -2.54. The van der Waals surface area contributed by atoms with Gasteiger partial charge < -0.3 is 24.4 Å². The van der Waals surface area contributed by atoms with Crippen LogP contribution in [-0.2, 0) is 21.2 Å². The van der Waals surface area contributed by atoms with Crippen molar-refractivity contribution in [3.63, 3.8) is 0 Å². The molecule has 2 N–H and O–H groups in total. The van der Waals surface area contributed by atoms with Crippen molar-refractivity contribution in [2.75, 3.05) is 43.6 Å². The highest BCUT2D eigenvalue weighted by molar-refractivity contribution is 7.90. The predicted octanol–water partition coefficient (Wildman–Crippen LogP) is 10.3. The Morgan fingerprint density at radius 3 is 2.56 bits per heavy atom. The van der Waals surface area contributed by atoms with Crippen molar-refractivity contribution in [3.05, 3.63) is 106 Å². The molecule has 2 atom stereocenters. The lowest BCUT2D eigenvalue weighted by atomic mass is 9.59. The number of carbonyl (C=O) groups is 1. The fourth-order valence-corrected chi connectivity index (χ4v) is 12.7. The normalized spacial score (nSPS) is 23.9. The zero-order chi connectivity index (χ0) is 45.7. The lowest BCUT2D eigenvalue weighted by Gasteiger charge is -2.56. The van der Waals surface area contributed by atoms with Crippen molar-refractivity contribution in [1.29, 1.82) is 0 Å². The summed E-state index contributed by atoms with van der Waals surface area (Å²) in [5.41, 5.74) is 5.09. The highest BCUT2D eigenvalue weighted by atomic mass is 32.2. The predicted molar refractivity (Wildman–Crippen MR) is 252 cm³/mol. The summed E-state index contributed by atoms with van der Waals surface area (Å²) in [5, 5.41) is 6.54. The Kier molecular flexibility index (Phi) is 12.1. The highest BCUT2D eigenvalue weighted by Gasteiger charge is 2.50. The molecule has 4 fully saturated rings. The molecule has 3 aliphatic heterocycles. The molecule has 13 nitrogen and oxygen atoms in total. The van der Waals surface area contributed by atoms with Crippen LogP contribution in [0.25, 0.3) is 5.83 Å². The van der Waals surface area contributed by atoms with E-state index in [0.29, 0.717) is 41.4 Å². The number of rotatable bonds is 12. The Bertz CT molecular complexity index is 2650. The van der Waals surface area contributed by atoms with Crippen molar-refractivity contribution in [2.45, 2.75) is 120 Å². The zero-order valence-electron chi connectivity index (χ0n) is 37.9. The highest BCUT2D eigenvalue weighted by Crippen LogP contribution is 2.54. The maximum Gasteiger partial charge on any atom is 0.268 e. The van der Waals surface area contributed by atoms with Crippen LogP contribution in [0.1, 0.15) is 123 Å². The average Bonchev–Trinajstić information content (AvgIpc) is 3.96. The number of sulfonamides is 1. The number of piperidine rings is 1. The first-order valence-electron chi connectivity index (χ1n) is 23.7. The molecule has 3 aliphatic carbocycles. The largest absolute Gasteiger partial charge is 0.489 e. The van der Waals surface area contributed by atoms with Crippen molar-refractivity contribution in [3.8, 4) is 17.2 Å². The van der Waals surface area contributed by atoms with Gasteiger partial charge in [-0.2, -0.15) is 0 Å². The second-order valence-electron chi connectivity index (χ2n) is 19.6. The number of nitroso groups, excluding NO2 is 1. The zero-order valence-corrected chi connectivity index (χ0v) is 38.7. The number of benzene rings is 3. The summed E-state index contributed by atoms with van der Waals surface area (Å²) in [6.45, 7) is 7.63. The Hall–Kier alpha value is -5.38. The van der Waals surface area contributed by atoms with Gasteiger partial charge in [-0.3, -0.25) is 14.7 Å². The van der Waals surface area contributed by atoms with E-state index in [1.54, 1.807) is 25.3 Å². The number of allylic oxidation sites excluding steroid dienone is 1. The topological polar surface area (TPSA) is 152 Å². The SMILES string of the molecule is COC1CCC([C@@H]2COc3cc(S(=O)(=O)NC(=O)c4ccc(N5CCC6(CC5)CC(N5CCC[C@H]5c5ccccc5C(C)C)C6)cc4Oc4cnc5c(c4)C(F)=CC5)cc(N=O)c3N2)CC1. The van der Waals surface area contributed by atoms with Gasteiger partial charge in [-0.05, 0) is 135 Å². The van der Waals surface area contributed by atoms with Crippen LogP contribution in [0, 0.1) is 16.2 Å². The standard InChI is InChI=1S/C51H59FN6O7S/c1-31(2)38-7-4-5-8-39(38)46-9-6-20-58(46)34-27-51(28-34)18-21-57(22-19-51)33-12-15-40(47(23-33)65-36-24-41-42(52)16-17-43(41)53-29-36)50(59)56-66(61,62)37-25-44(55-60)49-48(26-37)64-30-45(54-49)32-10-13-35(63-3)14-11-32/h4-5,7-8,12,15-16,23-26,29,31-32,34-35,45-46,54H,6,9-11,13-14,17-22,27-28,30H2,1-3H3,(H,56,59)/t32?,35?,45-,46-/m0/s1. The van der Waals surface area contributed by atoms with E-state index in [2.05, 4.69) is 68.1 Å². The monoisotopic (exact) mass is 918 g/mol. The molecule has 3 aromatic carbocycles. The van der Waals surface area contributed by atoms with E-state index in [0.717, 1.165) is 69.9 Å². The number of methoxy groups -OCH3 is 1. The summed E-state index contributed by atoms with van der Waals surface area (Å²) in [6.07, 6.45) is 14.1. The first-order valence-corrected chi connectivity index (χ1v) is 25.2. The Morgan fingerprint density at radius 2 is 1.80 bits per heavy atom. The summed E-state index contributed by atoms with van der Waals surface area (Å²) >= 11 is 0. The third kappa shape index (κ3) is 8.58. The Balaban J connectivity index is 0.850. The van der Waals surface area contributed by atoms with Gasteiger partial charge in [0, 0.05) is 62.1 Å². The summed E-state index contributed by atoms with van der Waals surface area (Å²) in [7, 11) is -2.83. The number of likely N-dealkylation sites (tertiary alicyclic amines) is 1. The van der Waals surface area contributed by atoms with E-state index in [-0.39, 0.29) is 63.5 Å². The number of nitrogens with one attached hydrogen (secondary N) is 2. The molecule has 2 saturated carbocycles. The van der Waals surface area contributed by atoms with Crippen LogP contribution < -0.4 is 24.4 Å². The number of hydrogen-bond acceptors (Lipinski definition) is 12. The molecule has 348 valence electrons. The summed E-state index contributed by atoms with van der Waals surface area (Å²) in [6, 6.07) is 19.0. The van der Waals surface area contributed by atoms with Crippen LogP contribution in [0.5, 0.6) is 17.2 Å². The minimum Gasteiger partial charge on any atom is -0.489 e. The fourth-order valence-electron chi connectivity index (χ4n) is 11.7. The number of aromatic nitrogens is 1. The van der Waals surface area contributed by atoms with Gasteiger partial charge in [0.1, 0.15) is 41.1 Å². The maximum absolute atomic E-state index is 14.7. The van der Waals surface area contributed by atoms with Crippen molar-refractivity contribution >= 4 is 38.8 Å². The van der Waals surface area contributed by atoms with Gasteiger partial charge in [0.05, 0.1) is 34.5 Å². The first kappa shape index (κ1) is 44.5. The first-order chi connectivity index (χ1) is 31.9. The summed E-state index contributed by atoms with van der Waals surface area (Å²) in [4.78, 5) is 35.4. The van der Waals surface area contributed by atoms with E-state index in [1.165, 1.54) is 55.1 Å². The molecule has 0 radical (unpaired) electrons. The number of halogens is 1. The smallest absolute Gasteiger partial charge is 0.268 e. The number of nitrogens with zero attached hydrogens (tertiary/aromatic N) is 4. The third-order valence-electron chi connectivity index (χ3n) is 15.4. The van der Waals surface area contributed by atoms with Gasteiger partial charge in [0.2, 0.25) is 0 Å².